The molecule has 2 N–H and O–H groups in total. The first-order valence-corrected chi connectivity index (χ1v) is 6.52. The second kappa shape index (κ2) is 5.20. The van der Waals surface area contributed by atoms with Gasteiger partial charge in [-0.1, -0.05) is 11.6 Å². The topological polar surface area (TPSA) is 53.1 Å². The predicted molar refractivity (Wildman–Crippen MR) is 75.8 cm³/mol. The molecule has 1 heterocycles. The minimum atomic E-state index is 0.345. The van der Waals surface area contributed by atoms with Gasteiger partial charge in [-0.05, 0) is 35.0 Å². The van der Waals surface area contributed by atoms with Crippen LogP contribution in [0.15, 0.2) is 22.7 Å². The van der Waals surface area contributed by atoms with Gasteiger partial charge in [-0.25, -0.2) is 0 Å². The highest BCUT2D eigenvalue weighted by molar-refractivity contribution is 9.10. The van der Waals surface area contributed by atoms with Crippen LogP contribution < -0.4 is 10.5 Å². The van der Waals surface area contributed by atoms with Crippen LogP contribution in [0.3, 0.4) is 0 Å². The quantitative estimate of drug-likeness (QED) is 0.879. The lowest BCUT2D eigenvalue weighted by atomic mass is 10.3. The molecule has 0 fully saturated rings. The van der Waals surface area contributed by atoms with Crippen LogP contribution in [0, 0.1) is 6.92 Å². The number of halogens is 2. The van der Waals surface area contributed by atoms with E-state index in [0.29, 0.717) is 23.1 Å². The van der Waals surface area contributed by atoms with E-state index in [4.69, 9.17) is 22.1 Å². The molecule has 96 valence electrons. The first-order chi connectivity index (χ1) is 8.49. The maximum atomic E-state index is 6.15. The number of nitrogens with two attached hydrogens (primary N) is 1. The highest BCUT2D eigenvalue weighted by Crippen LogP contribution is 2.29. The van der Waals surface area contributed by atoms with Crippen molar-refractivity contribution in [1.82, 2.24) is 9.78 Å². The van der Waals surface area contributed by atoms with Crippen molar-refractivity contribution in [1.29, 1.82) is 0 Å². The molecule has 0 radical (unpaired) electrons. The first-order valence-electron chi connectivity index (χ1n) is 5.35. The molecular weight excluding hydrogens is 318 g/mol. The van der Waals surface area contributed by atoms with Gasteiger partial charge in [0.25, 0.3) is 0 Å². The Labute approximate surface area is 119 Å². The van der Waals surface area contributed by atoms with Gasteiger partial charge in [0.15, 0.2) is 0 Å². The van der Waals surface area contributed by atoms with Gasteiger partial charge in [0.2, 0.25) is 0 Å². The zero-order chi connectivity index (χ0) is 13.3. The van der Waals surface area contributed by atoms with Gasteiger partial charge in [-0.3, -0.25) is 4.68 Å². The Hall–Kier alpha value is -1.20. The molecule has 18 heavy (non-hydrogen) atoms. The van der Waals surface area contributed by atoms with Crippen molar-refractivity contribution >= 4 is 33.2 Å². The van der Waals surface area contributed by atoms with Crippen molar-refractivity contribution in [2.75, 3.05) is 5.73 Å². The molecule has 0 bridgehead atoms. The third-order valence-corrected chi connectivity index (χ3v) is 3.73. The average molecular weight is 331 g/mol. The molecule has 1 aromatic heterocycles. The van der Waals surface area contributed by atoms with E-state index in [-0.39, 0.29) is 0 Å². The van der Waals surface area contributed by atoms with Gasteiger partial charge >= 0.3 is 0 Å². The molecule has 4 nitrogen and oxygen atoms in total. The van der Waals surface area contributed by atoms with Crippen LogP contribution in [0.1, 0.15) is 11.4 Å². The Bertz CT molecular complexity index is 583. The number of nitrogens with zero attached hydrogens (tertiary/aromatic N) is 2. The van der Waals surface area contributed by atoms with E-state index in [9.17, 15) is 0 Å². The Morgan fingerprint density at radius 1 is 1.50 bits per heavy atom. The Morgan fingerprint density at radius 3 is 2.83 bits per heavy atom. The predicted octanol–water partition coefficient (Wildman–Crippen LogP) is 3.31. The summed E-state index contributed by atoms with van der Waals surface area (Å²) in [6.07, 6.45) is 0. The fourth-order valence-electron chi connectivity index (χ4n) is 1.61. The molecular formula is C12H13BrClN3O. The van der Waals surface area contributed by atoms with E-state index in [0.717, 1.165) is 15.9 Å². The standard InChI is InChI=1S/C12H13BrClN3O/c1-7-12(14)10(17(2)16-7)6-18-11-5-8(15)3-4-9(11)13/h3-5H,6,15H2,1-2H3. The van der Waals surface area contributed by atoms with Crippen LogP contribution >= 0.6 is 27.5 Å². The summed E-state index contributed by atoms with van der Waals surface area (Å²) >= 11 is 9.56. The third kappa shape index (κ3) is 2.62. The third-order valence-electron chi connectivity index (χ3n) is 2.58. The molecule has 0 unspecified atom stereocenters. The van der Waals surface area contributed by atoms with Crippen molar-refractivity contribution < 1.29 is 4.74 Å². The van der Waals surface area contributed by atoms with Crippen LogP contribution in [0.2, 0.25) is 5.02 Å². The van der Waals surface area contributed by atoms with Crippen molar-refractivity contribution in [3.8, 4) is 5.75 Å². The second-order valence-electron chi connectivity index (χ2n) is 3.95. The lowest BCUT2D eigenvalue weighted by molar-refractivity contribution is 0.293. The van der Waals surface area contributed by atoms with Gasteiger partial charge in [0, 0.05) is 18.8 Å². The number of aryl methyl sites for hydroxylation is 2. The molecule has 0 aliphatic heterocycles. The van der Waals surface area contributed by atoms with E-state index < -0.39 is 0 Å². The largest absolute Gasteiger partial charge is 0.486 e. The molecule has 0 saturated heterocycles. The number of anilines is 1. The Kier molecular flexibility index (Phi) is 3.82. The summed E-state index contributed by atoms with van der Waals surface area (Å²) in [5.74, 6) is 0.685. The average Bonchev–Trinajstić information content (AvgIpc) is 2.55. The normalized spacial score (nSPS) is 10.7. The first kappa shape index (κ1) is 13.2. The summed E-state index contributed by atoms with van der Waals surface area (Å²) in [4.78, 5) is 0. The van der Waals surface area contributed by atoms with E-state index in [1.807, 2.05) is 20.0 Å². The zero-order valence-electron chi connectivity index (χ0n) is 10.1. The number of aromatic nitrogens is 2. The Morgan fingerprint density at radius 2 is 2.22 bits per heavy atom. The molecule has 0 aliphatic rings. The summed E-state index contributed by atoms with van der Waals surface area (Å²) in [6.45, 7) is 2.21. The lowest BCUT2D eigenvalue weighted by Gasteiger charge is -2.09. The molecule has 0 amide bonds. The number of hydrogen-bond donors (Lipinski definition) is 1. The van der Waals surface area contributed by atoms with Gasteiger partial charge in [0.1, 0.15) is 12.4 Å². The summed E-state index contributed by atoms with van der Waals surface area (Å²) < 4.78 is 8.28. The monoisotopic (exact) mass is 329 g/mol. The van der Waals surface area contributed by atoms with Crippen molar-refractivity contribution in [3.63, 3.8) is 0 Å². The van der Waals surface area contributed by atoms with Crippen molar-refractivity contribution in [2.24, 2.45) is 7.05 Å². The van der Waals surface area contributed by atoms with E-state index in [2.05, 4.69) is 21.0 Å². The molecule has 2 aromatic rings. The minimum Gasteiger partial charge on any atom is -0.486 e. The van der Waals surface area contributed by atoms with Gasteiger partial charge < -0.3 is 10.5 Å². The molecule has 6 heteroatoms. The number of rotatable bonds is 3. The van der Waals surface area contributed by atoms with E-state index in [1.54, 1.807) is 16.8 Å². The van der Waals surface area contributed by atoms with E-state index in [1.165, 1.54) is 0 Å². The molecule has 0 spiro atoms. The highest BCUT2D eigenvalue weighted by Gasteiger charge is 2.12. The molecule has 0 aliphatic carbocycles. The van der Waals surface area contributed by atoms with Crippen molar-refractivity contribution in [3.05, 3.63) is 39.1 Å². The minimum absolute atomic E-state index is 0.345. The SMILES string of the molecule is Cc1nn(C)c(COc2cc(N)ccc2Br)c1Cl. The van der Waals surface area contributed by atoms with Crippen LogP contribution in [0.25, 0.3) is 0 Å². The number of hydrogen-bond acceptors (Lipinski definition) is 3. The summed E-state index contributed by atoms with van der Waals surface area (Å²) in [5, 5.41) is 4.87. The van der Waals surface area contributed by atoms with Gasteiger partial charge in [-0.2, -0.15) is 5.10 Å². The van der Waals surface area contributed by atoms with Crippen LogP contribution in [-0.2, 0) is 13.7 Å². The lowest BCUT2D eigenvalue weighted by Crippen LogP contribution is -2.04. The fourth-order valence-corrected chi connectivity index (χ4v) is 2.19. The number of nitrogen functional groups attached to an aromatic ring is 1. The molecule has 0 atom stereocenters. The van der Waals surface area contributed by atoms with Crippen molar-refractivity contribution in [2.45, 2.75) is 13.5 Å². The molecule has 2 rings (SSSR count). The molecule has 1 aromatic carbocycles. The maximum Gasteiger partial charge on any atom is 0.136 e. The highest BCUT2D eigenvalue weighted by atomic mass is 79.9. The summed E-state index contributed by atoms with van der Waals surface area (Å²) in [6, 6.07) is 5.42. The van der Waals surface area contributed by atoms with Crippen LogP contribution in [0.5, 0.6) is 5.75 Å². The smallest absolute Gasteiger partial charge is 0.136 e. The van der Waals surface area contributed by atoms with E-state index >= 15 is 0 Å². The summed E-state index contributed by atoms with van der Waals surface area (Å²) in [5.41, 5.74) is 8.00. The number of ether oxygens (including phenoxy) is 1. The van der Waals surface area contributed by atoms with Gasteiger partial charge in [-0.15, -0.1) is 0 Å². The Balaban J connectivity index is 2.19. The van der Waals surface area contributed by atoms with Crippen LogP contribution in [0.4, 0.5) is 5.69 Å². The number of benzene rings is 1. The zero-order valence-corrected chi connectivity index (χ0v) is 12.4. The van der Waals surface area contributed by atoms with Gasteiger partial charge in [0.05, 0.1) is 20.9 Å². The summed E-state index contributed by atoms with van der Waals surface area (Å²) in [7, 11) is 1.84. The second-order valence-corrected chi connectivity index (χ2v) is 5.18. The molecule has 0 saturated carbocycles. The maximum absolute atomic E-state index is 6.15. The fraction of sp³-hybridized carbons (Fsp3) is 0.250. The van der Waals surface area contributed by atoms with Crippen LogP contribution in [-0.4, -0.2) is 9.78 Å².